The van der Waals surface area contributed by atoms with Crippen molar-refractivity contribution in [3.63, 3.8) is 0 Å². The molecule has 2 heterocycles. The highest BCUT2D eigenvalue weighted by atomic mass is 32.2. The van der Waals surface area contributed by atoms with E-state index in [1.807, 2.05) is 22.9 Å². The van der Waals surface area contributed by atoms with E-state index < -0.39 is 43.1 Å². The summed E-state index contributed by atoms with van der Waals surface area (Å²) in [6, 6.07) is 20.6. The molecule has 9 nitrogen and oxygen atoms in total. The number of amides is 1. The molecule has 0 radical (unpaired) electrons. The van der Waals surface area contributed by atoms with Crippen molar-refractivity contribution in [1.29, 1.82) is 0 Å². The van der Waals surface area contributed by atoms with Crippen molar-refractivity contribution in [2.24, 2.45) is 0 Å². The molecule has 3 aromatic carbocycles. The van der Waals surface area contributed by atoms with E-state index in [4.69, 9.17) is 0 Å². The van der Waals surface area contributed by atoms with Crippen LogP contribution in [0.15, 0.2) is 90.0 Å². The van der Waals surface area contributed by atoms with E-state index in [1.165, 1.54) is 23.8 Å². The molecule has 1 amide bonds. The summed E-state index contributed by atoms with van der Waals surface area (Å²) >= 11 is 0. The molecule has 4 aromatic rings. The Hall–Kier alpha value is -3.87. The molecule has 1 aromatic heterocycles. The third kappa shape index (κ3) is 7.07. The molecule has 2 unspecified atom stereocenters. The lowest BCUT2D eigenvalue weighted by Gasteiger charge is -2.18. The Morgan fingerprint density at radius 1 is 0.976 bits per heavy atom. The minimum atomic E-state index is -4.11. The lowest BCUT2D eigenvalue weighted by Crippen LogP contribution is -2.31. The van der Waals surface area contributed by atoms with Gasteiger partial charge in [0.05, 0.1) is 17.4 Å². The molecule has 1 fully saturated rings. The number of H-pyrrole nitrogens is 1. The average Bonchev–Trinajstić information content (AvgIpc) is 3.52. The molecule has 12 heteroatoms. The highest BCUT2D eigenvalue weighted by Gasteiger charge is 2.37. The van der Waals surface area contributed by atoms with Crippen molar-refractivity contribution in [2.75, 3.05) is 0 Å². The van der Waals surface area contributed by atoms with Gasteiger partial charge in [-0.2, -0.15) is 0 Å². The van der Waals surface area contributed by atoms with E-state index in [2.05, 4.69) is 26.8 Å². The molecular formula is C29H29FN4O5S2. The van der Waals surface area contributed by atoms with Crippen LogP contribution in [0, 0.1) is 5.82 Å². The number of hydrogen-bond acceptors (Lipinski definition) is 6. The first-order chi connectivity index (χ1) is 19.6. The first-order valence-electron chi connectivity index (χ1n) is 13.1. The third-order valence-corrected chi connectivity index (χ3v) is 10.1. The Kier molecular flexibility index (Phi) is 8.34. The van der Waals surface area contributed by atoms with Crippen molar-refractivity contribution in [3.05, 3.63) is 119 Å². The number of aryl methyl sites for hydroxylation is 2. The number of carbonyl (C=O) groups excluding carboxylic acids is 1. The summed E-state index contributed by atoms with van der Waals surface area (Å²) in [6.45, 7) is 0. The molecule has 214 valence electrons. The number of nitrogens with zero attached hydrogens (tertiary/aromatic N) is 1. The highest BCUT2D eigenvalue weighted by molar-refractivity contribution is 7.90. The van der Waals surface area contributed by atoms with Crippen LogP contribution < -0.4 is 9.44 Å². The molecule has 0 saturated carbocycles. The van der Waals surface area contributed by atoms with Gasteiger partial charge in [0.2, 0.25) is 26.0 Å². The Balaban J connectivity index is 1.36. The number of nitrogens with one attached hydrogen (secondary N) is 3. The summed E-state index contributed by atoms with van der Waals surface area (Å²) in [4.78, 5) is 19.1. The van der Waals surface area contributed by atoms with E-state index >= 15 is 0 Å². The largest absolute Gasteiger partial charge is 0.345 e. The van der Waals surface area contributed by atoms with Gasteiger partial charge in [-0.05, 0) is 60.6 Å². The first-order valence-corrected chi connectivity index (χ1v) is 16.1. The van der Waals surface area contributed by atoms with Crippen LogP contribution in [0.25, 0.3) is 0 Å². The summed E-state index contributed by atoms with van der Waals surface area (Å²) in [5.74, 6) is -0.825. The molecule has 1 aliphatic heterocycles. The Morgan fingerprint density at radius 2 is 1.73 bits per heavy atom. The van der Waals surface area contributed by atoms with Gasteiger partial charge in [-0.3, -0.25) is 9.52 Å². The predicted octanol–water partition coefficient (Wildman–Crippen LogP) is 3.88. The van der Waals surface area contributed by atoms with Crippen molar-refractivity contribution in [1.82, 2.24) is 19.4 Å². The van der Waals surface area contributed by atoms with E-state index in [1.54, 1.807) is 30.5 Å². The molecule has 1 saturated heterocycles. The van der Waals surface area contributed by atoms with Gasteiger partial charge in [0.25, 0.3) is 0 Å². The Labute approximate surface area is 238 Å². The SMILES string of the molecule is O=C1CC(c2ccc(CC(NS(=O)(=O)c3cccc(F)c3)c3ncc(CCCc4ccccc4)[nH]3)cc2)S(=O)(=O)N1. The molecule has 0 aliphatic carbocycles. The van der Waals surface area contributed by atoms with Crippen LogP contribution in [-0.2, 0) is 44.1 Å². The Morgan fingerprint density at radius 3 is 2.41 bits per heavy atom. The molecular weight excluding hydrogens is 567 g/mol. The van der Waals surface area contributed by atoms with Crippen LogP contribution >= 0.6 is 0 Å². The zero-order valence-corrected chi connectivity index (χ0v) is 23.6. The second kappa shape index (κ2) is 11.9. The fraction of sp³-hybridized carbons (Fsp3) is 0.241. The maximum atomic E-state index is 13.8. The number of sulfonamides is 2. The number of halogens is 1. The number of rotatable bonds is 11. The fourth-order valence-corrected chi connectivity index (χ4v) is 7.50. The van der Waals surface area contributed by atoms with Gasteiger partial charge in [-0.1, -0.05) is 60.7 Å². The number of hydrogen-bond donors (Lipinski definition) is 3. The van der Waals surface area contributed by atoms with Gasteiger partial charge in [0.15, 0.2) is 0 Å². The molecule has 1 aliphatic rings. The number of aromatic nitrogens is 2. The van der Waals surface area contributed by atoms with Crippen LogP contribution in [0.2, 0.25) is 0 Å². The number of aromatic amines is 1. The summed E-state index contributed by atoms with van der Waals surface area (Å²) in [6.07, 6.45) is 4.17. The van der Waals surface area contributed by atoms with Crippen molar-refractivity contribution in [2.45, 2.75) is 48.3 Å². The van der Waals surface area contributed by atoms with E-state index in [0.29, 0.717) is 23.4 Å². The highest BCUT2D eigenvalue weighted by Crippen LogP contribution is 2.30. The minimum absolute atomic E-state index is 0.156. The Bertz CT molecular complexity index is 1740. The maximum Gasteiger partial charge on any atom is 0.242 e. The zero-order valence-electron chi connectivity index (χ0n) is 22.0. The smallest absolute Gasteiger partial charge is 0.242 e. The monoisotopic (exact) mass is 596 g/mol. The van der Waals surface area contributed by atoms with Crippen molar-refractivity contribution in [3.8, 4) is 0 Å². The van der Waals surface area contributed by atoms with Crippen molar-refractivity contribution >= 4 is 26.0 Å². The quantitative estimate of drug-likeness (QED) is 0.240. The van der Waals surface area contributed by atoms with Crippen LogP contribution in [-0.4, -0.2) is 32.7 Å². The molecule has 41 heavy (non-hydrogen) atoms. The van der Waals surface area contributed by atoms with Gasteiger partial charge < -0.3 is 4.98 Å². The fourth-order valence-electron chi connectivity index (χ4n) is 4.84. The van der Waals surface area contributed by atoms with Gasteiger partial charge in [-0.25, -0.2) is 30.9 Å². The second-order valence-corrected chi connectivity index (χ2v) is 13.5. The molecule has 3 N–H and O–H groups in total. The maximum absolute atomic E-state index is 13.8. The number of carbonyl (C=O) groups is 1. The zero-order chi connectivity index (χ0) is 29.0. The van der Waals surface area contributed by atoms with Crippen LogP contribution in [0.5, 0.6) is 0 Å². The standard InChI is InChI=1S/C29H29FN4O5S2/c30-23-9-5-11-25(17-23)40(36,37)33-26(29-31-19-24(32-29)10-4-8-20-6-2-1-3-7-20)16-21-12-14-22(15-13-21)27-18-28(35)34-41(27,38)39/h1-3,5-7,9,11-15,17,19,26-27,33H,4,8,10,16,18H2,(H,31,32)(H,34,35). The van der Waals surface area contributed by atoms with Gasteiger partial charge in [0, 0.05) is 11.9 Å². The lowest BCUT2D eigenvalue weighted by atomic mass is 10.0. The van der Waals surface area contributed by atoms with Crippen LogP contribution in [0.3, 0.4) is 0 Å². The molecule has 0 spiro atoms. The van der Waals surface area contributed by atoms with Gasteiger partial charge in [0.1, 0.15) is 16.9 Å². The number of imidazole rings is 1. The molecule has 0 bridgehead atoms. The van der Waals surface area contributed by atoms with E-state index in [0.717, 1.165) is 24.6 Å². The average molecular weight is 597 g/mol. The molecule has 5 rings (SSSR count). The lowest BCUT2D eigenvalue weighted by molar-refractivity contribution is -0.118. The summed E-state index contributed by atoms with van der Waals surface area (Å²) in [7, 11) is -7.90. The second-order valence-electron chi connectivity index (χ2n) is 9.97. The summed E-state index contributed by atoms with van der Waals surface area (Å²) in [5.41, 5.74) is 3.24. The van der Waals surface area contributed by atoms with E-state index in [9.17, 15) is 26.0 Å². The summed E-state index contributed by atoms with van der Waals surface area (Å²) in [5, 5.41) is -0.977. The van der Waals surface area contributed by atoms with Crippen LogP contribution in [0.1, 0.15) is 52.3 Å². The third-order valence-electron chi connectivity index (χ3n) is 6.93. The van der Waals surface area contributed by atoms with Crippen LogP contribution in [0.4, 0.5) is 4.39 Å². The van der Waals surface area contributed by atoms with E-state index in [-0.39, 0.29) is 17.7 Å². The minimum Gasteiger partial charge on any atom is -0.345 e. The summed E-state index contributed by atoms with van der Waals surface area (Å²) < 4.78 is 69.4. The topological polar surface area (TPSA) is 138 Å². The normalized spacial score (nSPS) is 17.3. The van der Waals surface area contributed by atoms with Gasteiger partial charge in [-0.15, -0.1) is 0 Å². The molecule has 2 atom stereocenters. The first kappa shape index (κ1) is 28.7. The van der Waals surface area contributed by atoms with Gasteiger partial charge >= 0.3 is 0 Å². The predicted molar refractivity (Wildman–Crippen MR) is 151 cm³/mol. The van der Waals surface area contributed by atoms with Crippen molar-refractivity contribution < 1.29 is 26.0 Å². The number of benzene rings is 3.